The van der Waals surface area contributed by atoms with E-state index >= 15 is 0 Å². The molecule has 0 bridgehead atoms. The zero-order valence-corrected chi connectivity index (χ0v) is 14.6. The normalized spacial score (nSPS) is 11.8. The Morgan fingerprint density at radius 3 is 2.58 bits per heavy atom. The first kappa shape index (κ1) is 19.2. The molecule has 1 atom stereocenters. The SMILES string of the molecule is CCOc1ccccc1/C=C/C(=O)O[C@@H](C)C(=O)Nc1ccccc1F. The van der Waals surface area contributed by atoms with Gasteiger partial charge in [-0.1, -0.05) is 30.3 Å². The van der Waals surface area contributed by atoms with E-state index in [9.17, 15) is 14.0 Å². The quantitative estimate of drug-likeness (QED) is 0.605. The lowest BCUT2D eigenvalue weighted by Crippen LogP contribution is -2.29. The molecule has 1 N–H and O–H groups in total. The summed E-state index contributed by atoms with van der Waals surface area (Å²) in [5.41, 5.74) is 0.747. The number of carbonyl (C=O) groups excluding carboxylic acids is 2. The van der Waals surface area contributed by atoms with Crippen molar-refractivity contribution in [2.75, 3.05) is 11.9 Å². The number of hydrogen-bond donors (Lipinski definition) is 1. The van der Waals surface area contributed by atoms with Crippen LogP contribution in [0.5, 0.6) is 5.75 Å². The fourth-order valence-electron chi connectivity index (χ4n) is 2.13. The summed E-state index contributed by atoms with van der Waals surface area (Å²) < 4.78 is 24.0. The Morgan fingerprint density at radius 1 is 1.15 bits per heavy atom. The van der Waals surface area contributed by atoms with Gasteiger partial charge in [0.1, 0.15) is 11.6 Å². The highest BCUT2D eigenvalue weighted by Gasteiger charge is 2.17. The number of para-hydroxylation sites is 2. The van der Waals surface area contributed by atoms with Crippen molar-refractivity contribution >= 4 is 23.6 Å². The minimum atomic E-state index is -1.08. The van der Waals surface area contributed by atoms with Gasteiger partial charge >= 0.3 is 5.97 Å². The van der Waals surface area contributed by atoms with Crippen molar-refractivity contribution in [1.82, 2.24) is 0 Å². The van der Waals surface area contributed by atoms with Crippen LogP contribution in [0.1, 0.15) is 19.4 Å². The van der Waals surface area contributed by atoms with E-state index in [1.165, 1.54) is 31.2 Å². The van der Waals surface area contributed by atoms with Gasteiger partial charge < -0.3 is 14.8 Å². The second-order valence-electron chi connectivity index (χ2n) is 5.35. The molecule has 136 valence electrons. The van der Waals surface area contributed by atoms with Crippen molar-refractivity contribution in [2.24, 2.45) is 0 Å². The Balaban J connectivity index is 1.94. The van der Waals surface area contributed by atoms with Gasteiger partial charge in [-0.3, -0.25) is 4.79 Å². The maximum absolute atomic E-state index is 13.5. The molecule has 1 amide bonds. The molecule has 0 unspecified atom stereocenters. The number of hydrogen-bond acceptors (Lipinski definition) is 4. The highest BCUT2D eigenvalue weighted by molar-refractivity contribution is 5.96. The number of rotatable bonds is 7. The summed E-state index contributed by atoms with van der Waals surface area (Å²) in [6, 6.07) is 13.0. The molecule has 2 aromatic carbocycles. The van der Waals surface area contributed by atoms with Crippen LogP contribution in [0.4, 0.5) is 10.1 Å². The van der Waals surface area contributed by atoms with Gasteiger partial charge in [0.15, 0.2) is 6.10 Å². The standard InChI is InChI=1S/C20H20FNO4/c1-3-25-18-11-7-4-8-15(18)12-13-19(23)26-14(2)20(24)22-17-10-6-5-9-16(17)21/h4-14H,3H2,1-2H3,(H,22,24)/b13-12+/t14-/m0/s1. The smallest absolute Gasteiger partial charge is 0.331 e. The van der Waals surface area contributed by atoms with E-state index in [1.807, 2.05) is 19.1 Å². The van der Waals surface area contributed by atoms with Crippen LogP contribution in [0.25, 0.3) is 6.08 Å². The zero-order chi connectivity index (χ0) is 18.9. The molecule has 0 heterocycles. The van der Waals surface area contributed by atoms with E-state index in [-0.39, 0.29) is 5.69 Å². The molecule has 2 rings (SSSR count). The first-order valence-electron chi connectivity index (χ1n) is 8.17. The molecule has 0 radical (unpaired) electrons. The molecule has 0 aliphatic heterocycles. The lowest BCUT2D eigenvalue weighted by atomic mass is 10.2. The minimum absolute atomic E-state index is 0.0292. The average molecular weight is 357 g/mol. The average Bonchev–Trinajstić information content (AvgIpc) is 2.63. The second-order valence-corrected chi connectivity index (χ2v) is 5.35. The summed E-state index contributed by atoms with van der Waals surface area (Å²) in [5, 5.41) is 2.38. The lowest BCUT2D eigenvalue weighted by molar-refractivity contribution is -0.148. The number of nitrogens with one attached hydrogen (secondary N) is 1. The Labute approximate surface area is 151 Å². The number of ether oxygens (including phenoxy) is 2. The molecule has 0 aliphatic rings. The molecule has 0 saturated carbocycles. The van der Waals surface area contributed by atoms with E-state index in [0.717, 1.165) is 5.56 Å². The van der Waals surface area contributed by atoms with Crippen LogP contribution in [0, 0.1) is 5.82 Å². The summed E-state index contributed by atoms with van der Waals surface area (Å²) >= 11 is 0. The third-order valence-corrected chi connectivity index (χ3v) is 3.41. The number of benzene rings is 2. The number of anilines is 1. The first-order chi connectivity index (χ1) is 12.5. The van der Waals surface area contributed by atoms with Gasteiger partial charge in [-0.25, -0.2) is 9.18 Å². The summed E-state index contributed by atoms with van der Waals surface area (Å²) in [6.45, 7) is 3.78. The highest BCUT2D eigenvalue weighted by atomic mass is 19.1. The number of amides is 1. The van der Waals surface area contributed by atoms with Gasteiger partial charge in [0.05, 0.1) is 12.3 Å². The summed E-state index contributed by atoms with van der Waals surface area (Å²) in [4.78, 5) is 23.9. The van der Waals surface area contributed by atoms with Crippen molar-refractivity contribution in [3.8, 4) is 5.75 Å². The largest absolute Gasteiger partial charge is 0.493 e. The van der Waals surface area contributed by atoms with Gasteiger partial charge in [-0.05, 0) is 38.1 Å². The topological polar surface area (TPSA) is 64.6 Å². The zero-order valence-electron chi connectivity index (χ0n) is 14.6. The van der Waals surface area contributed by atoms with E-state index < -0.39 is 23.8 Å². The van der Waals surface area contributed by atoms with Gasteiger partial charge in [-0.15, -0.1) is 0 Å². The van der Waals surface area contributed by atoms with Gasteiger partial charge in [0.2, 0.25) is 0 Å². The molecule has 0 fully saturated rings. The molecule has 0 aliphatic carbocycles. The Morgan fingerprint density at radius 2 is 1.85 bits per heavy atom. The molecule has 6 heteroatoms. The van der Waals surface area contributed by atoms with Crippen LogP contribution in [-0.4, -0.2) is 24.6 Å². The van der Waals surface area contributed by atoms with E-state index in [2.05, 4.69) is 5.32 Å². The van der Waals surface area contributed by atoms with Crippen molar-refractivity contribution in [3.63, 3.8) is 0 Å². The van der Waals surface area contributed by atoms with Crippen molar-refractivity contribution in [3.05, 3.63) is 66.0 Å². The summed E-state index contributed by atoms with van der Waals surface area (Å²) in [7, 11) is 0. The predicted octanol–water partition coefficient (Wildman–Crippen LogP) is 3.81. The van der Waals surface area contributed by atoms with Gasteiger partial charge in [-0.2, -0.15) is 0 Å². The maximum Gasteiger partial charge on any atom is 0.331 e. The molecule has 0 aromatic heterocycles. The molecular formula is C20H20FNO4. The Bertz CT molecular complexity index is 804. The maximum atomic E-state index is 13.5. The fourth-order valence-corrected chi connectivity index (χ4v) is 2.13. The predicted molar refractivity (Wildman–Crippen MR) is 97.2 cm³/mol. The second kappa shape index (κ2) is 9.36. The monoisotopic (exact) mass is 357 g/mol. The fraction of sp³-hybridized carbons (Fsp3) is 0.200. The molecule has 2 aromatic rings. The van der Waals surface area contributed by atoms with Crippen LogP contribution in [0.3, 0.4) is 0 Å². The van der Waals surface area contributed by atoms with Gasteiger partial charge in [0, 0.05) is 11.6 Å². The Hall–Kier alpha value is -3.15. The number of esters is 1. The van der Waals surface area contributed by atoms with E-state index in [1.54, 1.807) is 24.3 Å². The van der Waals surface area contributed by atoms with Crippen LogP contribution < -0.4 is 10.1 Å². The molecule has 0 spiro atoms. The summed E-state index contributed by atoms with van der Waals surface area (Å²) in [6.07, 6.45) is 1.69. The van der Waals surface area contributed by atoms with Crippen molar-refractivity contribution in [1.29, 1.82) is 0 Å². The van der Waals surface area contributed by atoms with Crippen molar-refractivity contribution < 1.29 is 23.5 Å². The number of carbonyl (C=O) groups is 2. The third kappa shape index (κ3) is 5.44. The van der Waals surface area contributed by atoms with Gasteiger partial charge in [0.25, 0.3) is 5.91 Å². The molecular weight excluding hydrogens is 337 g/mol. The van der Waals surface area contributed by atoms with Crippen molar-refractivity contribution in [2.45, 2.75) is 20.0 Å². The molecule has 26 heavy (non-hydrogen) atoms. The van der Waals surface area contributed by atoms with Crippen LogP contribution >= 0.6 is 0 Å². The summed E-state index contributed by atoms with van der Waals surface area (Å²) in [5.74, 6) is -1.23. The Kier molecular flexibility index (Phi) is 6.91. The van der Waals surface area contributed by atoms with E-state index in [4.69, 9.17) is 9.47 Å². The molecule has 5 nitrogen and oxygen atoms in total. The first-order valence-corrected chi connectivity index (χ1v) is 8.17. The highest BCUT2D eigenvalue weighted by Crippen LogP contribution is 2.19. The molecule has 0 saturated heterocycles. The van der Waals surface area contributed by atoms with Crippen LogP contribution in [0.15, 0.2) is 54.6 Å². The van der Waals surface area contributed by atoms with Crippen LogP contribution in [0.2, 0.25) is 0 Å². The van der Waals surface area contributed by atoms with E-state index in [0.29, 0.717) is 12.4 Å². The minimum Gasteiger partial charge on any atom is -0.493 e. The third-order valence-electron chi connectivity index (χ3n) is 3.41. The van der Waals surface area contributed by atoms with Crippen LogP contribution in [-0.2, 0) is 14.3 Å². The number of halogens is 1. The lowest BCUT2D eigenvalue weighted by Gasteiger charge is -2.12.